The van der Waals surface area contributed by atoms with E-state index in [0.717, 1.165) is 35.1 Å². The van der Waals surface area contributed by atoms with Crippen LogP contribution in [0.25, 0.3) is 11.1 Å². The van der Waals surface area contributed by atoms with Gasteiger partial charge < -0.3 is 25.2 Å². The van der Waals surface area contributed by atoms with Gasteiger partial charge in [0.2, 0.25) is 5.91 Å². The lowest BCUT2D eigenvalue weighted by atomic mass is 9.98. The van der Waals surface area contributed by atoms with Gasteiger partial charge in [-0.05, 0) is 53.9 Å². The van der Waals surface area contributed by atoms with Gasteiger partial charge in [0.1, 0.15) is 12.6 Å². The van der Waals surface area contributed by atoms with Crippen LogP contribution in [0.1, 0.15) is 49.1 Å². The number of benzene rings is 2. The average molecular weight is 479 g/mol. The molecule has 3 aliphatic rings. The number of amides is 2. The van der Waals surface area contributed by atoms with E-state index in [9.17, 15) is 19.5 Å². The Kier molecular flexibility index (Phi) is 6.72. The van der Waals surface area contributed by atoms with Crippen molar-refractivity contribution in [3.8, 4) is 11.1 Å². The molecule has 2 aliphatic carbocycles. The number of rotatable bonds is 9. The van der Waals surface area contributed by atoms with Gasteiger partial charge in [0.25, 0.3) is 0 Å². The molecule has 0 bridgehead atoms. The Labute approximate surface area is 204 Å². The second kappa shape index (κ2) is 10.1. The largest absolute Gasteiger partial charge is 0.481 e. The molecule has 3 unspecified atom stereocenters. The molecule has 0 radical (unpaired) electrons. The second-order valence-corrected chi connectivity index (χ2v) is 9.58. The number of hydrogen-bond donors (Lipinski definition) is 3. The topological polar surface area (TPSA) is 114 Å². The third-order valence-corrected chi connectivity index (χ3v) is 7.12. The molecule has 8 heteroatoms. The summed E-state index contributed by atoms with van der Waals surface area (Å²) in [6, 6.07) is 14.7. The SMILES string of the molecule is O=C(O)CC(NC(=O)OCC1c2ccccc2-c2ccccc21)C(=O)NCC1CCC(C2CC2)O1. The maximum absolute atomic E-state index is 12.7. The summed E-state index contributed by atoms with van der Waals surface area (Å²) in [7, 11) is 0. The Balaban J connectivity index is 1.16. The van der Waals surface area contributed by atoms with Crippen LogP contribution < -0.4 is 10.6 Å². The summed E-state index contributed by atoms with van der Waals surface area (Å²) < 4.78 is 11.5. The Hall–Kier alpha value is -3.39. The second-order valence-electron chi connectivity index (χ2n) is 9.58. The lowest BCUT2D eigenvalue weighted by Crippen LogP contribution is -2.49. The molecule has 35 heavy (non-hydrogen) atoms. The molecular formula is C27H30N2O6. The summed E-state index contributed by atoms with van der Waals surface area (Å²) in [4.78, 5) is 36.6. The maximum atomic E-state index is 12.7. The van der Waals surface area contributed by atoms with Crippen LogP contribution in [-0.4, -0.2) is 54.5 Å². The van der Waals surface area contributed by atoms with Crippen LogP contribution in [0.4, 0.5) is 4.79 Å². The van der Waals surface area contributed by atoms with Gasteiger partial charge in [-0.3, -0.25) is 9.59 Å². The summed E-state index contributed by atoms with van der Waals surface area (Å²) in [5, 5.41) is 14.4. The molecule has 2 aromatic carbocycles. The van der Waals surface area contributed by atoms with Crippen LogP contribution in [0.2, 0.25) is 0 Å². The number of nitrogens with one attached hydrogen (secondary N) is 2. The van der Waals surface area contributed by atoms with Crippen molar-refractivity contribution >= 4 is 18.0 Å². The van der Waals surface area contributed by atoms with Crippen molar-refractivity contribution in [2.75, 3.05) is 13.2 Å². The fourth-order valence-electron chi connectivity index (χ4n) is 5.20. The monoisotopic (exact) mass is 478 g/mol. The highest BCUT2D eigenvalue weighted by molar-refractivity contribution is 5.89. The lowest BCUT2D eigenvalue weighted by Gasteiger charge is -2.20. The Bertz CT molecular complexity index is 1070. The molecule has 1 saturated carbocycles. The number of carboxylic acid groups (broad SMARTS) is 1. The van der Waals surface area contributed by atoms with E-state index in [1.165, 1.54) is 12.8 Å². The van der Waals surface area contributed by atoms with Gasteiger partial charge in [0.15, 0.2) is 0 Å². The van der Waals surface area contributed by atoms with Crippen molar-refractivity contribution in [2.24, 2.45) is 5.92 Å². The molecule has 0 spiro atoms. The van der Waals surface area contributed by atoms with Crippen molar-refractivity contribution < 1.29 is 29.0 Å². The molecule has 184 valence electrons. The van der Waals surface area contributed by atoms with Crippen LogP contribution in [0.15, 0.2) is 48.5 Å². The fraction of sp³-hybridized carbons (Fsp3) is 0.444. The molecule has 0 aromatic heterocycles. The predicted octanol–water partition coefficient (Wildman–Crippen LogP) is 3.44. The van der Waals surface area contributed by atoms with Crippen molar-refractivity contribution in [3.05, 3.63) is 59.7 Å². The van der Waals surface area contributed by atoms with Crippen LogP contribution in [-0.2, 0) is 19.1 Å². The maximum Gasteiger partial charge on any atom is 0.407 e. The van der Waals surface area contributed by atoms with Crippen molar-refractivity contribution in [3.63, 3.8) is 0 Å². The number of aliphatic carboxylic acids is 1. The smallest absolute Gasteiger partial charge is 0.407 e. The van der Waals surface area contributed by atoms with Gasteiger partial charge in [-0.1, -0.05) is 48.5 Å². The quantitative estimate of drug-likeness (QED) is 0.509. The number of ether oxygens (including phenoxy) is 2. The number of carboxylic acids is 1. The molecule has 8 nitrogen and oxygen atoms in total. The minimum absolute atomic E-state index is 0.0792. The number of carbonyl (C=O) groups excluding carboxylic acids is 2. The first-order chi connectivity index (χ1) is 17.0. The van der Waals surface area contributed by atoms with Crippen LogP contribution in [0.3, 0.4) is 0 Å². The van der Waals surface area contributed by atoms with E-state index in [2.05, 4.69) is 10.6 Å². The predicted molar refractivity (Wildman–Crippen MR) is 128 cm³/mol. The van der Waals surface area contributed by atoms with Gasteiger partial charge in [0.05, 0.1) is 18.6 Å². The number of hydrogen-bond acceptors (Lipinski definition) is 5. The van der Waals surface area contributed by atoms with Gasteiger partial charge in [-0.15, -0.1) is 0 Å². The summed E-state index contributed by atoms with van der Waals surface area (Å²) in [6.07, 6.45) is 3.09. The van der Waals surface area contributed by atoms with Crippen molar-refractivity contribution in [1.29, 1.82) is 0 Å². The molecule has 1 saturated heterocycles. The van der Waals surface area contributed by atoms with Gasteiger partial charge in [0, 0.05) is 12.5 Å². The van der Waals surface area contributed by atoms with E-state index in [4.69, 9.17) is 9.47 Å². The van der Waals surface area contributed by atoms with E-state index in [1.807, 2.05) is 48.5 Å². The van der Waals surface area contributed by atoms with E-state index in [-0.39, 0.29) is 24.7 Å². The van der Waals surface area contributed by atoms with E-state index < -0.39 is 30.4 Å². The molecule has 1 aliphatic heterocycles. The molecule has 5 rings (SSSR count). The first kappa shape index (κ1) is 23.4. The Morgan fingerprint density at radius 2 is 1.63 bits per heavy atom. The number of carbonyl (C=O) groups is 3. The zero-order chi connectivity index (χ0) is 24.4. The molecule has 1 heterocycles. The third-order valence-electron chi connectivity index (χ3n) is 7.12. The summed E-state index contributed by atoms with van der Waals surface area (Å²) in [6.45, 7) is 0.379. The average Bonchev–Trinajstić information content (AvgIpc) is 3.51. The Morgan fingerprint density at radius 1 is 0.971 bits per heavy atom. The first-order valence-corrected chi connectivity index (χ1v) is 12.3. The molecule has 3 N–H and O–H groups in total. The summed E-state index contributed by atoms with van der Waals surface area (Å²) in [5.74, 6) is -1.22. The zero-order valence-electron chi connectivity index (χ0n) is 19.4. The first-order valence-electron chi connectivity index (χ1n) is 12.3. The van der Waals surface area contributed by atoms with E-state index in [1.54, 1.807) is 0 Å². The van der Waals surface area contributed by atoms with Gasteiger partial charge in [-0.25, -0.2) is 4.79 Å². The van der Waals surface area contributed by atoms with Gasteiger partial charge in [-0.2, -0.15) is 0 Å². The van der Waals surface area contributed by atoms with Crippen LogP contribution in [0.5, 0.6) is 0 Å². The van der Waals surface area contributed by atoms with Crippen molar-refractivity contribution in [1.82, 2.24) is 10.6 Å². The molecule has 2 amide bonds. The summed E-state index contributed by atoms with van der Waals surface area (Å²) in [5.41, 5.74) is 4.36. The lowest BCUT2D eigenvalue weighted by molar-refractivity contribution is -0.139. The molecule has 2 fully saturated rings. The van der Waals surface area contributed by atoms with E-state index >= 15 is 0 Å². The standard InChI is InChI=1S/C27H30N2O6/c30-25(31)13-23(26(32)28-14-17-11-12-24(35-17)16-9-10-16)29-27(33)34-15-22-20-7-3-1-5-18(20)19-6-2-4-8-21(19)22/h1-8,16-17,22-24H,9-15H2,(H,28,32)(H,29,33)(H,30,31). The Morgan fingerprint density at radius 3 is 2.26 bits per heavy atom. The number of alkyl carbamates (subject to hydrolysis) is 1. The highest BCUT2D eigenvalue weighted by atomic mass is 16.5. The van der Waals surface area contributed by atoms with Crippen molar-refractivity contribution in [2.45, 2.75) is 56.3 Å². The fourth-order valence-corrected chi connectivity index (χ4v) is 5.20. The van der Waals surface area contributed by atoms with E-state index in [0.29, 0.717) is 12.5 Å². The van der Waals surface area contributed by atoms with Gasteiger partial charge >= 0.3 is 12.1 Å². The minimum Gasteiger partial charge on any atom is -0.481 e. The summed E-state index contributed by atoms with van der Waals surface area (Å²) >= 11 is 0. The highest BCUT2D eigenvalue weighted by Gasteiger charge is 2.38. The highest BCUT2D eigenvalue weighted by Crippen LogP contribution is 2.44. The van der Waals surface area contributed by atoms with Crippen LogP contribution >= 0.6 is 0 Å². The van der Waals surface area contributed by atoms with Crippen LogP contribution in [0, 0.1) is 5.92 Å². The molecule has 2 aromatic rings. The molecular weight excluding hydrogens is 448 g/mol. The zero-order valence-corrected chi connectivity index (χ0v) is 19.4. The minimum atomic E-state index is -1.23. The number of fused-ring (bicyclic) bond motifs is 3. The third kappa shape index (κ3) is 5.32. The molecule has 3 atom stereocenters. The normalized spacial score (nSPS) is 21.6.